The number of amides is 1. The standard InChI is InChI=1S/C18H16N2O4S/c1-3-24-14-9-12-7-5-4-6-11(12)8-13(14)16(21)20-18-19-10-15(25-18)17(22)23-2/h4-10H,3H2,1-2H3,(H,19,20,21). The lowest BCUT2D eigenvalue weighted by Crippen LogP contribution is -2.13. The van der Waals surface area contributed by atoms with Crippen molar-refractivity contribution in [3.05, 3.63) is 53.0 Å². The Kier molecular flexibility index (Phi) is 4.95. The predicted octanol–water partition coefficient (Wildman–Crippen LogP) is 3.73. The van der Waals surface area contributed by atoms with E-state index in [9.17, 15) is 9.59 Å². The molecule has 0 unspecified atom stereocenters. The van der Waals surface area contributed by atoms with Gasteiger partial charge in [0.25, 0.3) is 5.91 Å². The van der Waals surface area contributed by atoms with Gasteiger partial charge in [-0.3, -0.25) is 10.1 Å². The summed E-state index contributed by atoms with van der Waals surface area (Å²) in [7, 11) is 1.30. The molecule has 3 aromatic rings. The molecule has 1 amide bonds. The van der Waals surface area contributed by atoms with Gasteiger partial charge in [-0.25, -0.2) is 9.78 Å². The maximum absolute atomic E-state index is 12.7. The largest absolute Gasteiger partial charge is 0.493 e. The molecule has 3 rings (SSSR count). The molecule has 1 N–H and O–H groups in total. The Morgan fingerprint density at radius 2 is 1.92 bits per heavy atom. The number of anilines is 1. The summed E-state index contributed by atoms with van der Waals surface area (Å²) in [6, 6.07) is 11.4. The summed E-state index contributed by atoms with van der Waals surface area (Å²) in [5.74, 6) is -0.331. The van der Waals surface area contributed by atoms with Crippen LogP contribution in [0.25, 0.3) is 10.8 Å². The van der Waals surface area contributed by atoms with Crippen LogP contribution in [-0.4, -0.2) is 30.6 Å². The minimum absolute atomic E-state index is 0.320. The lowest BCUT2D eigenvalue weighted by atomic mass is 10.1. The van der Waals surface area contributed by atoms with Crippen LogP contribution in [0.4, 0.5) is 5.13 Å². The Hall–Kier alpha value is -2.93. The Morgan fingerprint density at radius 1 is 1.20 bits per heavy atom. The Bertz CT molecular complexity index is 936. The zero-order chi connectivity index (χ0) is 17.8. The van der Waals surface area contributed by atoms with Gasteiger partial charge in [0.15, 0.2) is 5.13 Å². The van der Waals surface area contributed by atoms with Gasteiger partial charge in [-0.1, -0.05) is 35.6 Å². The quantitative estimate of drug-likeness (QED) is 0.705. The minimum Gasteiger partial charge on any atom is -0.493 e. The molecule has 0 aliphatic rings. The lowest BCUT2D eigenvalue weighted by Gasteiger charge is -2.11. The fourth-order valence-corrected chi connectivity index (χ4v) is 3.09. The van der Waals surface area contributed by atoms with Gasteiger partial charge in [-0.15, -0.1) is 0 Å². The van der Waals surface area contributed by atoms with E-state index >= 15 is 0 Å². The fourth-order valence-electron chi connectivity index (χ4n) is 2.36. The van der Waals surface area contributed by atoms with E-state index in [1.165, 1.54) is 13.3 Å². The van der Waals surface area contributed by atoms with E-state index in [0.717, 1.165) is 22.1 Å². The van der Waals surface area contributed by atoms with Crippen LogP contribution >= 0.6 is 11.3 Å². The molecule has 0 aliphatic carbocycles. The van der Waals surface area contributed by atoms with Crippen LogP contribution in [0.5, 0.6) is 5.75 Å². The number of nitrogens with zero attached hydrogens (tertiary/aromatic N) is 1. The normalized spacial score (nSPS) is 10.5. The summed E-state index contributed by atoms with van der Waals surface area (Å²) < 4.78 is 10.3. The van der Waals surface area contributed by atoms with Crippen molar-refractivity contribution in [1.82, 2.24) is 4.98 Å². The third-order valence-corrected chi connectivity index (χ3v) is 4.40. The summed E-state index contributed by atoms with van der Waals surface area (Å²) in [4.78, 5) is 28.5. The molecule has 0 saturated carbocycles. The van der Waals surface area contributed by atoms with Crippen LogP contribution in [0.1, 0.15) is 27.0 Å². The Balaban J connectivity index is 1.91. The van der Waals surface area contributed by atoms with Crippen molar-refractivity contribution in [2.45, 2.75) is 6.92 Å². The number of rotatable bonds is 5. The Labute approximate surface area is 148 Å². The van der Waals surface area contributed by atoms with Gasteiger partial charge in [0, 0.05) is 0 Å². The van der Waals surface area contributed by atoms with Gasteiger partial charge in [0.2, 0.25) is 0 Å². The van der Waals surface area contributed by atoms with Crippen LogP contribution < -0.4 is 10.1 Å². The maximum Gasteiger partial charge on any atom is 0.349 e. The van der Waals surface area contributed by atoms with Gasteiger partial charge in [-0.2, -0.15) is 0 Å². The summed E-state index contributed by atoms with van der Waals surface area (Å²) in [6.45, 7) is 2.31. The monoisotopic (exact) mass is 356 g/mol. The van der Waals surface area contributed by atoms with Crippen molar-refractivity contribution in [3.63, 3.8) is 0 Å². The first-order chi connectivity index (χ1) is 12.1. The fraction of sp³-hybridized carbons (Fsp3) is 0.167. The number of carbonyl (C=O) groups excluding carboxylic acids is 2. The highest BCUT2D eigenvalue weighted by atomic mass is 32.1. The number of esters is 1. The molecule has 6 nitrogen and oxygen atoms in total. The summed E-state index contributed by atoms with van der Waals surface area (Å²) >= 11 is 1.05. The van der Waals surface area contributed by atoms with Crippen LogP contribution in [0.3, 0.4) is 0 Å². The number of ether oxygens (including phenoxy) is 2. The van der Waals surface area contributed by atoms with Crippen LogP contribution in [0, 0.1) is 0 Å². The van der Waals surface area contributed by atoms with Crippen LogP contribution in [0.15, 0.2) is 42.6 Å². The average Bonchev–Trinajstić information content (AvgIpc) is 3.09. The number of hydrogen-bond donors (Lipinski definition) is 1. The lowest BCUT2D eigenvalue weighted by molar-refractivity contribution is 0.0606. The highest BCUT2D eigenvalue weighted by Gasteiger charge is 2.17. The van der Waals surface area contributed by atoms with E-state index in [-0.39, 0.29) is 5.91 Å². The second-order valence-corrected chi connectivity index (χ2v) is 6.13. The topological polar surface area (TPSA) is 77.5 Å². The number of carbonyl (C=O) groups is 2. The number of aromatic nitrogens is 1. The number of nitrogens with one attached hydrogen (secondary N) is 1. The van der Waals surface area contributed by atoms with Crippen molar-refractivity contribution >= 4 is 39.1 Å². The molecule has 0 radical (unpaired) electrons. The molecule has 7 heteroatoms. The number of benzene rings is 2. The molecule has 0 fully saturated rings. The average molecular weight is 356 g/mol. The molecule has 128 valence electrons. The minimum atomic E-state index is -0.487. The van der Waals surface area contributed by atoms with E-state index in [2.05, 4.69) is 15.0 Å². The Morgan fingerprint density at radius 3 is 2.60 bits per heavy atom. The van der Waals surface area contributed by atoms with Gasteiger partial charge in [0.05, 0.1) is 25.5 Å². The SMILES string of the molecule is CCOc1cc2ccccc2cc1C(=O)Nc1ncc(C(=O)OC)s1. The summed E-state index contributed by atoms with van der Waals surface area (Å²) in [5, 5.41) is 4.95. The van der Waals surface area contributed by atoms with Gasteiger partial charge < -0.3 is 9.47 Å². The van der Waals surface area contributed by atoms with Crippen molar-refractivity contribution in [3.8, 4) is 5.75 Å². The maximum atomic E-state index is 12.7. The highest BCUT2D eigenvalue weighted by Crippen LogP contribution is 2.28. The predicted molar refractivity (Wildman–Crippen MR) is 96.5 cm³/mol. The molecule has 0 spiro atoms. The van der Waals surface area contributed by atoms with E-state index < -0.39 is 5.97 Å². The number of fused-ring (bicyclic) bond motifs is 1. The molecule has 1 heterocycles. The first-order valence-corrected chi connectivity index (χ1v) is 8.45. The smallest absolute Gasteiger partial charge is 0.349 e. The van der Waals surface area contributed by atoms with Crippen LogP contribution in [0.2, 0.25) is 0 Å². The molecule has 0 bridgehead atoms. The second kappa shape index (κ2) is 7.31. The zero-order valence-corrected chi connectivity index (χ0v) is 14.6. The first-order valence-electron chi connectivity index (χ1n) is 7.63. The highest BCUT2D eigenvalue weighted by molar-refractivity contribution is 7.17. The van der Waals surface area contributed by atoms with Crippen molar-refractivity contribution in [2.75, 3.05) is 19.0 Å². The van der Waals surface area contributed by atoms with E-state index in [1.807, 2.05) is 37.3 Å². The molecule has 0 aliphatic heterocycles. The molecular formula is C18H16N2O4S. The van der Waals surface area contributed by atoms with Gasteiger partial charge in [-0.05, 0) is 29.8 Å². The molecule has 25 heavy (non-hydrogen) atoms. The van der Waals surface area contributed by atoms with Crippen molar-refractivity contribution < 1.29 is 19.1 Å². The molecule has 2 aromatic carbocycles. The van der Waals surface area contributed by atoms with Gasteiger partial charge >= 0.3 is 5.97 Å². The third kappa shape index (κ3) is 3.61. The zero-order valence-electron chi connectivity index (χ0n) is 13.7. The number of methoxy groups -OCH3 is 1. The summed E-state index contributed by atoms with van der Waals surface area (Å²) in [5.41, 5.74) is 0.412. The van der Waals surface area contributed by atoms with E-state index in [1.54, 1.807) is 6.07 Å². The number of thiazole rings is 1. The van der Waals surface area contributed by atoms with Gasteiger partial charge in [0.1, 0.15) is 10.6 Å². The van der Waals surface area contributed by atoms with E-state index in [4.69, 9.17) is 4.74 Å². The first kappa shape index (κ1) is 16.9. The van der Waals surface area contributed by atoms with Crippen LogP contribution in [-0.2, 0) is 4.74 Å². The second-order valence-electron chi connectivity index (χ2n) is 5.10. The third-order valence-electron chi connectivity index (χ3n) is 3.51. The van der Waals surface area contributed by atoms with E-state index in [0.29, 0.717) is 27.9 Å². The van der Waals surface area contributed by atoms with Crippen molar-refractivity contribution in [1.29, 1.82) is 0 Å². The summed E-state index contributed by atoms with van der Waals surface area (Å²) in [6.07, 6.45) is 1.37. The molecule has 1 aromatic heterocycles. The molecule has 0 atom stereocenters. The molecule has 0 saturated heterocycles. The number of hydrogen-bond acceptors (Lipinski definition) is 6. The molecular weight excluding hydrogens is 340 g/mol. The van der Waals surface area contributed by atoms with Crippen molar-refractivity contribution in [2.24, 2.45) is 0 Å².